The van der Waals surface area contributed by atoms with E-state index in [4.69, 9.17) is 3.32 Å². The van der Waals surface area contributed by atoms with Crippen molar-refractivity contribution >= 4 is 0 Å². The SMILES string of the molecule is CC1=C(C)C(C)=C(C(C)[O][Ti+2])C1.[Cl-].[Cl-]. The molecule has 0 saturated heterocycles. The second-order valence-corrected chi connectivity index (χ2v) is 3.86. The Kier molecular flexibility index (Phi) is 8.67. The van der Waals surface area contributed by atoms with E-state index in [1.165, 1.54) is 22.3 Å². The van der Waals surface area contributed by atoms with Crippen LogP contribution in [0.15, 0.2) is 22.3 Å². The normalized spacial score (nSPS) is 17.9. The van der Waals surface area contributed by atoms with E-state index in [2.05, 4.69) is 27.7 Å². The van der Waals surface area contributed by atoms with E-state index in [9.17, 15) is 0 Å². The van der Waals surface area contributed by atoms with Gasteiger partial charge in [0.2, 0.25) is 0 Å². The summed E-state index contributed by atoms with van der Waals surface area (Å²) in [7, 11) is 0. The second kappa shape index (κ2) is 7.08. The monoisotopic (exact) mass is 269 g/mol. The maximum atomic E-state index is 5.32. The predicted octanol–water partition coefficient (Wildman–Crippen LogP) is -3.08. The van der Waals surface area contributed by atoms with Gasteiger partial charge in [0.1, 0.15) is 0 Å². The molecule has 4 heteroatoms. The average Bonchev–Trinajstić information content (AvgIpc) is 2.32. The molecule has 0 spiro atoms. The van der Waals surface area contributed by atoms with Gasteiger partial charge in [-0.1, -0.05) is 0 Å². The molecule has 1 nitrogen and oxygen atoms in total. The quantitative estimate of drug-likeness (QED) is 0.484. The molecular weight excluding hydrogens is 255 g/mol. The van der Waals surface area contributed by atoms with Crippen molar-refractivity contribution < 1.29 is 49.0 Å². The van der Waals surface area contributed by atoms with Crippen molar-refractivity contribution in [2.75, 3.05) is 0 Å². The van der Waals surface area contributed by atoms with E-state index < -0.39 is 0 Å². The molecule has 1 aliphatic carbocycles. The summed E-state index contributed by atoms with van der Waals surface area (Å²) in [5.41, 5.74) is 5.83. The minimum atomic E-state index is 0. The van der Waals surface area contributed by atoms with Crippen molar-refractivity contribution in [3.05, 3.63) is 22.3 Å². The molecule has 0 aliphatic heterocycles. The first kappa shape index (κ1) is 17.1. The van der Waals surface area contributed by atoms with Gasteiger partial charge in [-0.05, 0) is 0 Å². The van der Waals surface area contributed by atoms with Crippen LogP contribution in [0.2, 0.25) is 0 Å². The fourth-order valence-corrected chi connectivity index (χ4v) is 1.85. The maximum absolute atomic E-state index is 5.32. The molecule has 14 heavy (non-hydrogen) atoms. The topological polar surface area (TPSA) is 9.23 Å². The van der Waals surface area contributed by atoms with Crippen LogP contribution in [0, 0.1) is 0 Å². The van der Waals surface area contributed by atoms with Gasteiger partial charge in [0.15, 0.2) is 0 Å². The van der Waals surface area contributed by atoms with Gasteiger partial charge in [-0.2, -0.15) is 0 Å². The molecular formula is C10H15Cl2OTi. The fourth-order valence-electron chi connectivity index (χ4n) is 1.63. The van der Waals surface area contributed by atoms with Crippen LogP contribution >= 0.6 is 0 Å². The smallest absolute Gasteiger partial charge is 1.00 e. The molecule has 1 unspecified atom stereocenters. The number of hydrogen-bond acceptors (Lipinski definition) is 1. The first-order chi connectivity index (χ1) is 5.57. The first-order valence-electron chi connectivity index (χ1n) is 4.26. The molecule has 0 radical (unpaired) electrons. The maximum Gasteiger partial charge on any atom is -1.00 e. The molecule has 0 saturated carbocycles. The molecule has 0 heterocycles. The minimum Gasteiger partial charge on any atom is -1.00 e. The van der Waals surface area contributed by atoms with Crippen molar-refractivity contribution in [3.63, 3.8) is 0 Å². The number of hydrogen-bond donors (Lipinski definition) is 0. The van der Waals surface area contributed by atoms with Crippen LogP contribution in [0.4, 0.5) is 0 Å². The van der Waals surface area contributed by atoms with E-state index in [1.54, 1.807) is 20.8 Å². The van der Waals surface area contributed by atoms with Crippen LogP contribution < -0.4 is 24.8 Å². The zero-order valence-corrected chi connectivity index (χ0v) is 12.0. The Balaban J connectivity index is 0. The Labute approximate surface area is 111 Å². The van der Waals surface area contributed by atoms with E-state index in [1.807, 2.05) is 0 Å². The summed E-state index contributed by atoms with van der Waals surface area (Å²) >= 11 is 1.77. The van der Waals surface area contributed by atoms with Crippen molar-refractivity contribution in [1.29, 1.82) is 0 Å². The van der Waals surface area contributed by atoms with Crippen LogP contribution in [0.25, 0.3) is 0 Å². The molecule has 79 valence electrons. The van der Waals surface area contributed by atoms with Crippen LogP contribution in [0.1, 0.15) is 34.1 Å². The van der Waals surface area contributed by atoms with Crippen molar-refractivity contribution in [2.45, 2.75) is 40.2 Å². The summed E-state index contributed by atoms with van der Waals surface area (Å²) in [6, 6.07) is 0. The Hall–Kier alpha value is 0.734. The van der Waals surface area contributed by atoms with Gasteiger partial charge in [0.25, 0.3) is 0 Å². The summed E-state index contributed by atoms with van der Waals surface area (Å²) in [6.45, 7) is 8.70. The van der Waals surface area contributed by atoms with Crippen LogP contribution in [-0.2, 0) is 24.1 Å². The summed E-state index contributed by atoms with van der Waals surface area (Å²) in [4.78, 5) is 0. The molecule has 0 bridgehead atoms. The minimum absolute atomic E-state index is 0. The molecule has 1 rings (SSSR count). The van der Waals surface area contributed by atoms with Gasteiger partial charge in [0, 0.05) is 0 Å². The fraction of sp³-hybridized carbons (Fsp3) is 0.600. The molecule has 0 aromatic carbocycles. The van der Waals surface area contributed by atoms with E-state index >= 15 is 0 Å². The van der Waals surface area contributed by atoms with E-state index in [0.717, 1.165) is 6.42 Å². The molecule has 0 N–H and O–H groups in total. The van der Waals surface area contributed by atoms with E-state index in [-0.39, 0.29) is 30.9 Å². The van der Waals surface area contributed by atoms with Gasteiger partial charge in [-0.3, -0.25) is 0 Å². The Morgan fingerprint density at radius 2 is 1.64 bits per heavy atom. The summed E-state index contributed by atoms with van der Waals surface area (Å²) in [5.74, 6) is 0. The third-order valence-corrected chi connectivity index (χ3v) is 3.36. The number of rotatable bonds is 2. The predicted molar refractivity (Wildman–Crippen MR) is 46.2 cm³/mol. The third-order valence-electron chi connectivity index (χ3n) is 2.81. The van der Waals surface area contributed by atoms with Gasteiger partial charge < -0.3 is 24.8 Å². The Morgan fingerprint density at radius 1 is 1.14 bits per heavy atom. The van der Waals surface area contributed by atoms with Crippen molar-refractivity contribution in [3.8, 4) is 0 Å². The zero-order chi connectivity index (χ0) is 9.30. The Morgan fingerprint density at radius 3 is 1.93 bits per heavy atom. The van der Waals surface area contributed by atoms with Gasteiger partial charge in [-0.25, -0.2) is 0 Å². The zero-order valence-electron chi connectivity index (χ0n) is 8.95. The molecule has 0 fully saturated rings. The summed E-state index contributed by atoms with van der Waals surface area (Å²) in [5, 5.41) is 0. The van der Waals surface area contributed by atoms with Crippen LogP contribution in [0.3, 0.4) is 0 Å². The standard InChI is InChI=1S/C10H15O.2ClH.Ti/c1-6-5-10(9(4)11)8(3)7(6)2;;;/h9H,5H2,1-4H3;2*1H;/q-1;;;+3/p-2. The van der Waals surface area contributed by atoms with Gasteiger partial charge in [-0.15, -0.1) is 0 Å². The molecule has 0 aromatic rings. The molecule has 0 aromatic heterocycles. The number of halogens is 2. The van der Waals surface area contributed by atoms with Crippen molar-refractivity contribution in [2.24, 2.45) is 0 Å². The largest absolute Gasteiger partial charge is 1.00 e. The summed E-state index contributed by atoms with van der Waals surface area (Å²) < 4.78 is 5.32. The van der Waals surface area contributed by atoms with Crippen LogP contribution in [-0.4, -0.2) is 6.10 Å². The number of allylic oxidation sites excluding steroid dienone is 3. The molecule has 1 atom stereocenters. The van der Waals surface area contributed by atoms with Crippen molar-refractivity contribution in [1.82, 2.24) is 0 Å². The van der Waals surface area contributed by atoms with Crippen LogP contribution in [0.5, 0.6) is 0 Å². The molecule has 0 amide bonds. The Bertz CT molecular complexity index is 259. The van der Waals surface area contributed by atoms with Gasteiger partial charge >= 0.3 is 86.7 Å². The second-order valence-electron chi connectivity index (χ2n) is 3.49. The third kappa shape index (κ3) is 3.39. The average molecular weight is 270 g/mol. The first-order valence-corrected chi connectivity index (χ1v) is 4.90. The van der Waals surface area contributed by atoms with E-state index in [0.29, 0.717) is 0 Å². The van der Waals surface area contributed by atoms with Gasteiger partial charge in [0.05, 0.1) is 0 Å². The molecule has 1 aliphatic rings. The summed E-state index contributed by atoms with van der Waals surface area (Å²) in [6.07, 6.45) is 1.38.